The summed E-state index contributed by atoms with van der Waals surface area (Å²) in [6, 6.07) is 7.72. The molecule has 0 bridgehead atoms. The van der Waals surface area contributed by atoms with Gasteiger partial charge in [0, 0.05) is 32.1 Å². The number of benzene rings is 1. The summed E-state index contributed by atoms with van der Waals surface area (Å²) in [5.41, 5.74) is 0.206. The summed E-state index contributed by atoms with van der Waals surface area (Å²) in [5, 5.41) is 14.1. The van der Waals surface area contributed by atoms with Crippen molar-refractivity contribution in [3.63, 3.8) is 0 Å². The van der Waals surface area contributed by atoms with Crippen LogP contribution in [0, 0.1) is 5.92 Å². The average molecular weight is 360 g/mol. The molecule has 2 N–H and O–H groups in total. The number of carbonyl (C=O) groups is 1. The second-order valence-corrected chi connectivity index (χ2v) is 7.73. The first kappa shape index (κ1) is 19.2. The largest absolute Gasteiger partial charge is 0.497 e. The molecule has 1 saturated carbocycles. The van der Waals surface area contributed by atoms with E-state index in [9.17, 15) is 9.90 Å². The highest BCUT2D eigenvalue weighted by molar-refractivity contribution is 5.78. The maximum Gasteiger partial charge on any atom is 0.223 e. The number of nitrogens with zero attached hydrogens (tertiary/aromatic N) is 1. The van der Waals surface area contributed by atoms with Crippen LogP contribution >= 0.6 is 0 Å². The van der Waals surface area contributed by atoms with E-state index in [2.05, 4.69) is 10.2 Å². The summed E-state index contributed by atoms with van der Waals surface area (Å²) in [4.78, 5) is 14.5. The summed E-state index contributed by atoms with van der Waals surface area (Å²) in [5.74, 6) is 1.27. The predicted molar refractivity (Wildman–Crippen MR) is 102 cm³/mol. The normalized spacial score (nSPS) is 21.3. The molecule has 144 valence electrons. The summed E-state index contributed by atoms with van der Waals surface area (Å²) in [7, 11) is 1.65. The van der Waals surface area contributed by atoms with Gasteiger partial charge in [0.15, 0.2) is 0 Å². The lowest BCUT2D eigenvalue weighted by Gasteiger charge is -2.38. The van der Waals surface area contributed by atoms with Gasteiger partial charge in [-0.15, -0.1) is 0 Å². The zero-order valence-corrected chi connectivity index (χ0v) is 15.9. The smallest absolute Gasteiger partial charge is 0.223 e. The minimum atomic E-state index is -0.756. The Hall–Kier alpha value is -1.59. The number of ether oxygens (including phenoxy) is 1. The zero-order chi connectivity index (χ0) is 18.4. The number of amides is 1. The van der Waals surface area contributed by atoms with E-state index in [-0.39, 0.29) is 11.8 Å². The van der Waals surface area contributed by atoms with E-state index in [4.69, 9.17) is 4.74 Å². The lowest BCUT2D eigenvalue weighted by Crippen LogP contribution is -2.45. The minimum Gasteiger partial charge on any atom is -0.497 e. The Labute approximate surface area is 156 Å². The molecule has 2 aliphatic rings. The van der Waals surface area contributed by atoms with Crippen LogP contribution in [0.1, 0.15) is 50.5 Å². The van der Waals surface area contributed by atoms with Crippen LogP contribution in [0.3, 0.4) is 0 Å². The second-order valence-electron chi connectivity index (χ2n) is 7.73. The van der Waals surface area contributed by atoms with Crippen LogP contribution in [-0.4, -0.2) is 49.2 Å². The molecule has 1 saturated heterocycles. The van der Waals surface area contributed by atoms with Crippen LogP contribution in [0.2, 0.25) is 0 Å². The molecule has 0 radical (unpaired) electrons. The topological polar surface area (TPSA) is 61.8 Å². The van der Waals surface area contributed by atoms with E-state index in [0.29, 0.717) is 6.54 Å². The van der Waals surface area contributed by atoms with E-state index >= 15 is 0 Å². The van der Waals surface area contributed by atoms with E-state index in [1.54, 1.807) is 7.11 Å². The Balaban J connectivity index is 1.41. The number of rotatable bonds is 6. The van der Waals surface area contributed by atoms with Gasteiger partial charge in [0.2, 0.25) is 5.91 Å². The van der Waals surface area contributed by atoms with E-state index in [1.807, 2.05) is 24.3 Å². The first-order valence-electron chi connectivity index (χ1n) is 9.98. The number of hydrogen-bond donors (Lipinski definition) is 2. The van der Waals surface area contributed by atoms with Gasteiger partial charge in [-0.2, -0.15) is 0 Å². The monoisotopic (exact) mass is 360 g/mol. The molecule has 5 nitrogen and oxygen atoms in total. The summed E-state index contributed by atoms with van der Waals surface area (Å²) in [6.45, 7) is 3.26. The van der Waals surface area contributed by atoms with Crippen molar-refractivity contribution in [2.24, 2.45) is 5.92 Å². The summed E-state index contributed by atoms with van der Waals surface area (Å²) >= 11 is 0. The zero-order valence-electron chi connectivity index (χ0n) is 15.9. The number of likely N-dealkylation sites (tertiary alicyclic amines) is 1. The number of methoxy groups -OCH3 is 1. The Kier molecular flexibility index (Phi) is 6.54. The van der Waals surface area contributed by atoms with Gasteiger partial charge in [0.25, 0.3) is 0 Å². The number of hydrogen-bond acceptors (Lipinski definition) is 4. The van der Waals surface area contributed by atoms with Crippen LogP contribution in [0.5, 0.6) is 5.75 Å². The SMILES string of the molecule is COc1ccc(C2(O)CCN(CCNC(=O)C3CCCCC3)CC2)cc1. The fourth-order valence-corrected chi connectivity index (χ4v) is 4.18. The lowest BCUT2D eigenvalue weighted by atomic mass is 9.84. The highest BCUT2D eigenvalue weighted by Gasteiger charge is 2.33. The number of aliphatic hydroxyl groups is 1. The Morgan fingerprint density at radius 1 is 1.19 bits per heavy atom. The Bertz CT molecular complexity index is 573. The second kappa shape index (κ2) is 8.87. The molecule has 0 spiro atoms. The Morgan fingerprint density at radius 3 is 2.46 bits per heavy atom. The van der Waals surface area contributed by atoms with Crippen molar-refractivity contribution in [2.45, 2.75) is 50.5 Å². The maximum absolute atomic E-state index is 12.2. The molecular weight excluding hydrogens is 328 g/mol. The quantitative estimate of drug-likeness (QED) is 0.819. The highest BCUT2D eigenvalue weighted by atomic mass is 16.5. The molecule has 1 aromatic rings. The van der Waals surface area contributed by atoms with Crippen LogP contribution in [0.25, 0.3) is 0 Å². The van der Waals surface area contributed by atoms with Crippen molar-refractivity contribution in [1.82, 2.24) is 10.2 Å². The molecule has 1 aliphatic carbocycles. The molecule has 0 unspecified atom stereocenters. The van der Waals surface area contributed by atoms with Crippen molar-refractivity contribution in [2.75, 3.05) is 33.3 Å². The standard InChI is InChI=1S/C21H32N2O3/c1-26-19-9-7-18(8-10-19)21(25)11-14-23(15-12-21)16-13-22-20(24)17-5-3-2-4-6-17/h7-10,17,25H,2-6,11-16H2,1H3,(H,22,24). The molecule has 0 aromatic heterocycles. The van der Waals surface area contributed by atoms with Gasteiger partial charge in [-0.3, -0.25) is 4.79 Å². The third kappa shape index (κ3) is 4.77. The molecular formula is C21H32N2O3. The van der Waals surface area contributed by atoms with Gasteiger partial charge in [0.05, 0.1) is 12.7 Å². The van der Waals surface area contributed by atoms with Crippen molar-refractivity contribution in [3.8, 4) is 5.75 Å². The first-order chi connectivity index (χ1) is 12.6. The van der Waals surface area contributed by atoms with Crippen molar-refractivity contribution in [3.05, 3.63) is 29.8 Å². The molecule has 5 heteroatoms. The van der Waals surface area contributed by atoms with Gasteiger partial charge >= 0.3 is 0 Å². The van der Waals surface area contributed by atoms with Gasteiger partial charge in [-0.1, -0.05) is 31.4 Å². The fraction of sp³-hybridized carbons (Fsp3) is 0.667. The number of carbonyl (C=O) groups excluding carboxylic acids is 1. The molecule has 26 heavy (non-hydrogen) atoms. The van der Waals surface area contributed by atoms with E-state index < -0.39 is 5.60 Å². The van der Waals surface area contributed by atoms with Crippen LogP contribution in [0.4, 0.5) is 0 Å². The lowest BCUT2D eigenvalue weighted by molar-refractivity contribution is -0.126. The molecule has 0 atom stereocenters. The van der Waals surface area contributed by atoms with E-state index in [1.165, 1.54) is 19.3 Å². The molecule has 1 heterocycles. The molecule has 1 aromatic carbocycles. The number of piperidine rings is 1. The van der Waals surface area contributed by atoms with Gasteiger partial charge in [0.1, 0.15) is 5.75 Å². The average Bonchev–Trinajstić information content (AvgIpc) is 2.70. The Morgan fingerprint density at radius 2 is 1.85 bits per heavy atom. The van der Waals surface area contributed by atoms with Crippen molar-refractivity contribution in [1.29, 1.82) is 0 Å². The number of nitrogens with one attached hydrogen (secondary N) is 1. The van der Waals surface area contributed by atoms with Crippen molar-refractivity contribution >= 4 is 5.91 Å². The van der Waals surface area contributed by atoms with Gasteiger partial charge < -0.3 is 20.1 Å². The van der Waals surface area contributed by atoms with Crippen molar-refractivity contribution < 1.29 is 14.6 Å². The van der Waals surface area contributed by atoms with Gasteiger partial charge in [-0.05, 0) is 43.4 Å². The first-order valence-corrected chi connectivity index (χ1v) is 9.98. The summed E-state index contributed by atoms with van der Waals surface area (Å²) in [6.07, 6.45) is 7.18. The molecule has 3 rings (SSSR count). The summed E-state index contributed by atoms with van der Waals surface area (Å²) < 4.78 is 5.19. The maximum atomic E-state index is 12.2. The minimum absolute atomic E-state index is 0.227. The van der Waals surface area contributed by atoms with E-state index in [0.717, 1.165) is 56.6 Å². The predicted octanol–water partition coefficient (Wildman–Crippen LogP) is 2.68. The van der Waals surface area contributed by atoms with Crippen LogP contribution in [-0.2, 0) is 10.4 Å². The van der Waals surface area contributed by atoms with Gasteiger partial charge in [-0.25, -0.2) is 0 Å². The van der Waals surface area contributed by atoms with Crippen LogP contribution in [0.15, 0.2) is 24.3 Å². The van der Waals surface area contributed by atoms with Crippen LogP contribution < -0.4 is 10.1 Å². The molecule has 1 aliphatic heterocycles. The third-order valence-electron chi connectivity index (χ3n) is 6.01. The molecule has 2 fully saturated rings. The molecule has 1 amide bonds. The fourth-order valence-electron chi connectivity index (χ4n) is 4.18. The highest BCUT2D eigenvalue weighted by Crippen LogP contribution is 2.33. The third-order valence-corrected chi connectivity index (χ3v) is 6.01.